The van der Waals surface area contributed by atoms with Gasteiger partial charge in [0.2, 0.25) is 5.28 Å². The number of aromatic nitrogens is 2. The van der Waals surface area contributed by atoms with Crippen LogP contribution in [0.4, 0.5) is 5.82 Å². The molecule has 1 rings (SSSR count). The highest BCUT2D eigenvalue weighted by Crippen LogP contribution is 2.07. The minimum absolute atomic E-state index is 0.170. The van der Waals surface area contributed by atoms with Gasteiger partial charge in [-0.3, -0.25) is 0 Å². The molecule has 0 amide bonds. The Morgan fingerprint density at radius 2 is 2.50 bits per heavy atom. The highest BCUT2D eigenvalue weighted by molar-refractivity contribution is 6.28. The Hall–Kier alpha value is -1.16. The number of hydrogen-bond donors (Lipinski definition) is 1. The maximum Gasteiger partial charge on any atom is 0.224 e. The van der Waals surface area contributed by atoms with Crippen LogP contribution in [0.1, 0.15) is 0 Å². The molecule has 4 nitrogen and oxygen atoms in total. The standard InChI is InChI=1S/C5H5ClN4/c6-5-8-2-1-4(10-5)9-3-7/h1-3H,(H2,7,8,9,10). The molecule has 5 heteroatoms. The smallest absolute Gasteiger partial charge is 0.224 e. The van der Waals surface area contributed by atoms with Crippen LogP contribution in [0.5, 0.6) is 0 Å². The van der Waals surface area contributed by atoms with E-state index in [1.54, 1.807) is 6.07 Å². The van der Waals surface area contributed by atoms with Crippen molar-refractivity contribution in [3.05, 3.63) is 17.5 Å². The molecule has 0 atom stereocenters. The van der Waals surface area contributed by atoms with E-state index in [1.807, 2.05) is 0 Å². The molecule has 0 radical (unpaired) electrons. The van der Waals surface area contributed by atoms with E-state index in [0.29, 0.717) is 5.82 Å². The lowest BCUT2D eigenvalue weighted by Crippen LogP contribution is -1.88. The monoisotopic (exact) mass is 156 g/mol. The van der Waals surface area contributed by atoms with Crippen LogP contribution >= 0.6 is 11.6 Å². The Kier molecular flexibility index (Phi) is 2.17. The maximum absolute atomic E-state index is 5.44. The molecule has 0 saturated carbocycles. The van der Waals surface area contributed by atoms with Gasteiger partial charge in [-0.25, -0.2) is 9.98 Å². The largest absolute Gasteiger partial charge is 0.390 e. The highest BCUT2D eigenvalue weighted by Gasteiger charge is 1.90. The van der Waals surface area contributed by atoms with Crippen LogP contribution < -0.4 is 5.73 Å². The maximum atomic E-state index is 5.44. The first-order valence-electron chi connectivity index (χ1n) is 2.56. The zero-order valence-electron chi connectivity index (χ0n) is 5.03. The van der Waals surface area contributed by atoms with E-state index in [1.165, 1.54) is 6.20 Å². The number of nitrogens with zero attached hydrogens (tertiary/aromatic N) is 3. The average molecular weight is 157 g/mol. The Bertz CT molecular complexity index is 247. The van der Waals surface area contributed by atoms with Crippen LogP contribution in [0.25, 0.3) is 0 Å². The summed E-state index contributed by atoms with van der Waals surface area (Å²) in [4.78, 5) is 11.1. The number of halogens is 1. The molecule has 0 aliphatic rings. The summed E-state index contributed by atoms with van der Waals surface area (Å²) in [6, 6.07) is 1.61. The summed E-state index contributed by atoms with van der Waals surface area (Å²) in [5.41, 5.74) is 5.02. The van der Waals surface area contributed by atoms with Gasteiger partial charge >= 0.3 is 0 Å². The van der Waals surface area contributed by atoms with Crippen molar-refractivity contribution < 1.29 is 0 Å². The van der Waals surface area contributed by atoms with Crippen molar-refractivity contribution in [2.45, 2.75) is 0 Å². The van der Waals surface area contributed by atoms with Crippen molar-refractivity contribution >= 4 is 23.8 Å². The fourth-order valence-electron chi connectivity index (χ4n) is 0.474. The molecular weight excluding hydrogens is 152 g/mol. The molecule has 0 bridgehead atoms. The molecule has 0 unspecified atom stereocenters. The lowest BCUT2D eigenvalue weighted by Gasteiger charge is -1.89. The first-order valence-corrected chi connectivity index (χ1v) is 2.93. The Balaban J connectivity index is 2.95. The van der Waals surface area contributed by atoms with Crippen LogP contribution in [-0.4, -0.2) is 16.3 Å². The van der Waals surface area contributed by atoms with Crippen molar-refractivity contribution in [3.63, 3.8) is 0 Å². The van der Waals surface area contributed by atoms with Crippen LogP contribution in [0.15, 0.2) is 17.3 Å². The summed E-state index contributed by atoms with van der Waals surface area (Å²) < 4.78 is 0. The first kappa shape index (κ1) is 6.95. The summed E-state index contributed by atoms with van der Waals surface area (Å²) in [5.74, 6) is 0.461. The molecule has 52 valence electrons. The van der Waals surface area contributed by atoms with E-state index in [2.05, 4.69) is 15.0 Å². The predicted octanol–water partition coefficient (Wildman–Crippen LogP) is 0.748. The van der Waals surface area contributed by atoms with Gasteiger partial charge in [-0.15, -0.1) is 0 Å². The van der Waals surface area contributed by atoms with E-state index >= 15 is 0 Å². The summed E-state index contributed by atoms with van der Waals surface area (Å²) >= 11 is 5.44. The summed E-state index contributed by atoms with van der Waals surface area (Å²) in [6.45, 7) is 0. The van der Waals surface area contributed by atoms with Crippen molar-refractivity contribution in [2.24, 2.45) is 10.7 Å². The fraction of sp³-hybridized carbons (Fsp3) is 0. The van der Waals surface area contributed by atoms with Gasteiger partial charge in [0.1, 0.15) is 0 Å². The van der Waals surface area contributed by atoms with Gasteiger partial charge < -0.3 is 5.73 Å². The van der Waals surface area contributed by atoms with E-state index in [-0.39, 0.29) is 5.28 Å². The third-order valence-corrected chi connectivity index (χ3v) is 1.00. The average Bonchev–Trinajstić information content (AvgIpc) is 1.88. The molecule has 0 spiro atoms. The van der Waals surface area contributed by atoms with E-state index in [9.17, 15) is 0 Å². The van der Waals surface area contributed by atoms with Crippen LogP contribution in [0.3, 0.4) is 0 Å². The molecule has 1 heterocycles. The van der Waals surface area contributed by atoms with Crippen molar-refractivity contribution in [1.82, 2.24) is 9.97 Å². The summed E-state index contributed by atoms with van der Waals surface area (Å²) in [6.07, 6.45) is 2.66. The van der Waals surface area contributed by atoms with Gasteiger partial charge in [0.25, 0.3) is 0 Å². The molecule has 0 aliphatic heterocycles. The van der Waals surface area contributed by atoms with E-state index in [0.717, 1.165) is 6.34 Å². The molecule has 10 heavy (non-hydrogen) atoms. The lowest BCUT2D eigenvalue weighted by molar-refractivity contribution is 1.15. The molecule has 1 aromatic heterocycles. The van der Waals surface area contributed by atoms with Gasteiger partial charge in [0.15, 0.2) is 5.82 Å². The van der Waals surface area contributed by atoms with Crippen LogP contribution in [0.2, 0.25) is 5.28 Å². The van der Waals surface area contributed by atoms with Gasteiger partial charge in [-0.05, 0) is 11.6 Å². The molecule has 2 N–H and O–H groups in total. The zero-order valence-corrected chi connectivity index (χ0v) is 5.78. The normalized spacial score (nSPS) is 10.5. The van der Waals surface area contributed by atoms with Crippen LogP contribution in [-0.2, 0) is 0 Å². The highest BCUT2D eigenvalue weighted by atomic mass is 35.5. The molecule has 0 aromatic carbocycles. The zero-order chi connectivity index (χ0) is 7.40. The minimum atomic E-state index is 0.170. The number of rotatable bonds is 1. The minimum Gasteiger partial charge on any atom is -0.390 e. The molecule has 0 saturated heterocycles. The van der Waals surface area contributed by atoms with Gasteiger partial charge in [-0.2, -0.15) is 4.98 Å². The van der Waals surface area contributed by atoms with Gasteiger partial charge in [0.05, 0.1) is 6.34 Å². The summed E-state index contributed by atoms with van der Waals surface area (Å²) in [5, 5.41) is 0.170. The number of aliphatic imine (C=N–C) groups is 1. The van der Waals surface area contributed by atoms with Crippen molar-refractivity contribution in [2.75, 3.05) is 0 Å². The second-order valence-electron chi connectivity index (χ2n) is 1.46. The molecule has 1 aromatic rings. The van der Waals surface area contributed by atoms with Gasteiger partial charge in [0, 0.05) is 12.3 Å². The number of nitrogens with two attached hydrogens (primary N) is 1. The van der Waals surface area contributed by atoms with E-state index < -0.39 is 0 Å². The predicted molar refractivity (Wildman–Crippen MR) is 39.4 cm³/mol. The molecule has 0 fully saturated rings. The lowest BCUT2D eigenvalue weighted by atomic mass is 10.6. The molecule has 0 aliphatic carbocycles. The fourth-order valence-corrected chi connectivity index (χ4v) is 0.617. The second kappa shape index (κ2) is 3.12. The summed E-state index contributed by atoms with van der Waals surface area (Å²) in [7, 11) is 0. The third kappa shape index (κ3) is 1.66. The van der Waals surface area contributed by atoms with Crippen molar-refractivity contribution in [3.8, 4) is 0 Å². The van der Waals surface area contributed by atoms with Gasteiger partial charge in [-0.1, -0.05) is 0 Å². The Morgan fingerprint density at radius 1 is 1.70 bits per heavy atom. The van der Waals surface area contributed by atoms with Crippen molar-refractivity contribution in [1.29, 1.82) is 0 Å². The Morgan fingerprint density at radius 3 is 3.10 bits per heavy atom. The topological polar surface area (TPSA) is 64.2 Å². The molecular formula is C5H5ClN4. The van der Waals surface area contributed by atoms with Crippen LogP contribution in [0, 0.1) is 0 Å². The Labute approximate surface area is 62.8 Å². The second-order valence-corrected chi connectivity index (χ2v) is 1.80. The van der Waals surface area contributed by atoms with E-state index in [4.69, 9.17) is 17.3 Å². The SMILES string of the molecule is NC=Nc1ccnc(Cl)n1. The number of hydrogen-bond acceptors (Lipinski definition) is 3. The first-order chi connectivity index (χ1) is 4.83. The quantitative estimate of drug-likeness (QED) is 0.371. The third-order valence-electron chi connectivity index (χ3n) is 0.818.